The number of hydrogen-bond donors (Lipinski definition) is 0. The van der Waals surface area contributed by atoms with Crippen LogP contribution in [0.5, 0.6) is 0 Å². The molecule has 0 N–H and O–H groups in total. The van der Waals surface area contributed by atoms with Crippen molar-refractivity contribution in [1.29, 1.82) is 0 Å². The Morgan fingerprint density at radius 1 is 1.40 bits per heavy atom. The molecule has 1 aliphatic heterocycles. The summed E-state index contributed by atoms with van der Waals surface area (Å²) in [5.41, 5.74) is -0.141. The molecule has 2 unspecified atom stereocenters. The van der Waals surface area contributed by atoms with Gasteiger partial charge in [-0.25, -0.2) is 0 Å². The number of esters is 1. The number of rotatable bonds is 3. The van der Waals surface area contributed by atoms with Crippen molar-refractivity contribution >= 4 is 5.97 Å². The summed E-state index contributed by atoms with van der Waals surface area (Å²) in [5.74, 6) is 1.33. The molecule has 1 aromatic rings. The minimum absolute atomic E-state index is 0.0648. The predicted molar refractivity (Wildman–Crippen MR) is 72.9 cm³/mol. The fraction of sp³-hybridized carbons (Fsp3) is 0.786. The SMILES string of the molecule is COC(=O)C1CN(Cc2nnc(C(C)(C)C)o2)CC1C. The molecule has 0 aliphatic carbocycles. The molecule has 1 aliphatic rings. The van der Waals surface area contributed by atoms with E-state index in [0.717, 1.165) is 6.54 Å². The summed E-state index contributed by atoms with van der Waals surface area (Å²) >= 11 is 0. The zero-order valence-corrected chi connectivity index (χ0v) is 12.8. The van der Waals surface area contributed by atoms with Gasteiger partial charge in [-0.15, -0.1) is 10.2 Å². The van der Waals surface area contributed by atoms with Crippen LogP contribution in [0.3, 0.4) is 0 Å². The second-order valence-corrected chi connectivity index (χ2v) is 6.55. The molecule has 2 atom stereocenters. The Kier molecular flexibility index (Phi) is 4.13. The van der Waals surface area contributed by atoms with Gasteiger partial charge in [0, 0.05) is 18.5 Å². The molecule has 1 saturated heterocycles. The average Bonchev–Trinajstić information content (AvgIpc) is 2.95. The number of aromatic nitrogens is 2. The summed E-state index contributed by atoms with van der Waals surface area (Å²) in [6, 6.07) is 0. The molecule has 0 radical (unpaired) electrons. The molecule has 0 saturated carbocycles. The average molecular weight is 281 g/mol. The van der Waals surface area contributed by atoms with Crippen LogP contribution in [0.4, 0.5) is 0 Å². The molecule has 0 aromatic carbocycles. The maximum atomic E-state index is 11.7. The molecule has 1 aromatic heterocycles. The van der Waals surface area contributed by atoms with Crippen LogP contribution in [0.15, 0.2) is 4.42 Å². The highest BCUT2D eigenvalue weighted by Gasteiger charge is 2.36. The van der Waals surface area contributed by atoms with E-state index >= 15 is 0 Å². The molecule has 0 bridgehead atoms. The van der Waals surface area contributed by atoms with E-state index in [1.54, 1.807) is 0 Å². The second kappa shape index (κ2) is 5.52. The van der Waals surface area contributed by atoms with Gasteiger partial charge in [-0.2, -0.15) is 0 Å². The lowest BCUT2D eigenvalue weighted by Gasteiger charge is -2.13. The van der Waals surface area contributed by atoms with E-state index in [-0.39, 0.29) is 23.2 Å². The van der Waals surface area contributed by atoms with E-state index in [2.05, 4.69) is 22.0 Å². The molecule has 112 valence electrons. The van der Waals surface area contributed by atoms with Crippen molar-refractivity contribution in [2.24, 2.45) is 11.8 Å². The van der Waals surface area contributed by atoms with Gasteiger partial charge in [0.25, 0.3) is 0 Å². The van der Waals surface area contributed by atoms with Crippen LogP contribution in [-0.2, 0) is 21.5 Å². The summed E-state index contributed by atoms with van der Waals surface area (Å²) < 4.78 is 10.5. The highest BCUT2D eigenvalue weighted by atomic mass is 16.5. The molecule has 0 amide bonds. The second-order valence-electron chi connectivity index (χ2n) is 6.55. The lowest BCUT2D eigenvalue weighted by Crippen LogP contribution is -2.24. The van der Waals surface area contributed by atoms with Gasteiger partial charge in [-0.1, -0.05) is 27.7 Å². The molecule has 6 heteroatoms. The Bertz CT molecular complexity index is 478. The van der Waals surface area contributed by atoms with Crippen molar-refractivity contribution in [2.75, 3.05) is 20.2 Å². The molecular weight excluding hydrogens is 258 g/mol. The highest BCUT2D eigenvalue weighted by Crippen LogP contribution is 2.26. The smallest absolute Gasteiger partial charge is 0.310 e. The zero-order valence-electron chi connectivity index (χ0n) is 12.8. The Morgan fingerprint density at radius 3 is 2.65 bits per heavy atom. The van der Waals surface area contributed by atoms with Crippen molar-refractivity contribution in [1.82, 2.24) is 15.1 Å². The first-order valence-electron chi connectivity index (χ1n) is 6.94. The van der Waals surface area contributed by atoms with Crippen LogP contribution in [-0.4, -0.2) is 41.3 Å². The maximum absolute atomic E-state index is 11.7. The van der Waals surface area contributed by atoms with Crippen LogP contribution in [0.1, 0.15) is 39.5 Å². The van der Waals surface area contributed by atoms with Gasteiger partial charge in [-0.3, -0.25) is 9.69 Å². The minimum atomic E-state index is -0.141. The third-order valence-electron chi connectivity index (χ3n) is 3.66. The normalized spacial score (nSPS) is 24.1. The fourth-order valence-corrected chi connectivity index (χ4v) is 2.47. The number of methoxy groups -OCH3 is 1. The molecule has 6 nitrogen and oxygen atoms in total. The van der Waals surface area contributed by atoms with Gasteiger partial charge in [0.2, 0.25) is 11.8 Å². The van der Waals surface area contributed by atoms with E-state index in [1.165, 1.54) is 7.11 Å². The Balaban J connectivity index is 1.98. The molecule has 20 heavy (non-hydrogen) atoms. The van der Waals surface area contributed by atoms with Crippen molar-refractivity contribution in [2.45, 2.75) is 39.7 Å². The summed E-state index contributed by atoms with van der Waals surface area (Å²) in [4.78, 5) is 13.8. The first-order valence-corrected chi connectivity index (χ1v) is 6.94. The monoisotopic (exact) mass is 281 g/mol. The number of nitrogens with zero attached hydrogens (tertiary/aromatic N) is 3. The number of likely N-dealkylation sites (tertiary alicyclic amines) is 1. The summed E-state index contributed by atoms with van der Waals surface area (Å²) in [5, 5.41) is 8.17. The first-order chi connectivity index (χ1) is 9.31. The lowest BCUT2D eigenvalue weighted by atomic mass is 9.97. The third-order valence-corrected chi connectivity index (χ3v) is 3.66. The molecule has 1 fully saturated rings. The maximum Gasteiger partial charge on any atom is 0.310 e. The number of ether oxygens (including phenoxy) is 1. The van der Waals surface area contributed by atoms with Gasteiger partial charge in [-0.05, 0) is 5.92 Å². The molecule has 0 spiro atoms. The number of carbonyl (C=O) groups excluding carboxylic acids is 1. The van der Waals surface area contributed by atoms with E-state index in [0.29, 0.717) is 24.9 Å². The van der Waals surface area contributed by atoms with Crippen molar-refractivity contribution in [3.05, 3.63) is 11.8 Å². The van der Waals surface area contributed by atoms with Gasteiger partial charge in [0.15, 0.2) is 0 Å². The van der Waals surface area contributed by atoms with E-state index in [9.17, 15) is 4.79 Å². The van der Waals surface area contributed by atoms with E-state index < -0.39 is 0 Å². The largest absolute Gasteiger partial charge is 0.469 e. The quantitative estimate of drug-likeness (QED) is 0.784. The van der Waals surface area contributed by atoms with Crippen molar-refractivity contribution < 1.29 is 13.9 Å². The van der Waals surface area contributed by atoms with Crippen LogP contribution in [0.25, 0.3) is 0 Å². The molecule has 2 heterocycles. The molecule has 2 rings (SSSR count). The number of hydrogen-bond acceptors (Lipinski definition) is 6. The zero-order chi connectivity index (χ0) is 14.9. The summed E-state index contributed by atoms with van der Waals surface area (Å²) in [6.45, 7) is 10.3. The van der Waals surface area contributed by atoms with Gasteiger partial charge in [0.1, 0.15) is 0 Å². The van der Waals surface area contributed by atoms with E-state index in [4.69, 9.17) is 9.15 Å². The minimum Gasteiger partial charge on any atom is -0.469 e. The lowest BCUT2D eigenvalue weighted by molar-refractivity contribution is -0.146. The Labute approximate surface area is 119 Å². The standard InChI is InChI=1S/C14H23N3O3/c1-9-6-17(7-10(9)12(18)19-5)8-11-15-16-13(20-11)14(2,3)4/h9-10H,6-8H2,1-5H3. The summed E-state index contributed by atoms with van der Waals surface area (Å²) in [6.07, 6.45) is 0. The van der Waals surface area contributed by atoms with Crippen LogP contribution in [0.2, 0.25) is 0 Å². The van der Waals surface area contributed by atoms with Gasteiger partial charge in [0.05, 0.1) is 19.6 Å². The van der Waals surface area contributed by atoms with Crippen LogP contribution >= 0.6 is 0 Å². The van der Waals surface area contributed by atoms with E-state index in [1.807, 2.05) is 20.8 Å². The third kappa shape index (κ3) is 3.17. The van der Waals surface area contributed by atoms with Crippen LogP contribution in [0, 0.1) is 11.8 Å². The Hall–Kier alpha value is -1.43. The van der Waals surface area contributed by atoms with Crippen molar-refractivity contribution in [3.8, 4) is 0 Å². The van der Waals surface area contributed by atoms with Crippen LogP contribution < -0.4 is 0 Å². The topological polar surface area (TPSA) is 68.5 Å². The first kappa shape index (κ1) is 15.0. The van der Waals surface area contributed by atoms with Crippen molar-refractivity contribution in [3.63, 3.8) is 0 Å². The molecular formula is C14H23N3O3. The van der Waals surface area contributed by atoms with Gasteiger partial charge < -0.3 is 9.15 Å². The predicted octanol–water partition coefficient (Wildman–Crippen LogP) is 1.61. The van der Waals surface area contributed by atoms with Gasteiger partial charge >= 0.3 is 5.97 Å². The Morgan fingerprint density at radius 2 is 2.10 bits per heavy atom. The summed E-state index contributed by atoms with van der Waals surface area (Å²) in [7, 11) is 1.44. The number of carbonyl (C=O) groups is 1. The highest BCUT2D eigenvalue weighted by molar-refractivity contribution is 5.73. The fourth-order valence-electron chi connectivity index (χ4n) is 2.47.